The van der Waals surface area contributed by atoms with Crippen LogP contribution in [-0.4, -0.2) is 43.2 Å². The molecule has 0 spiro atoms. The van der Waals surface area contributed by atoms with Gasteiger partial charge in [0, 0.05) is 19.3 Å². The maximum atomic E-state index is 9.19. The Morgan fingerprint density at radius 2 is 2.27 bits per heavy atom. The number of nitrogens with two attached hydrogens (primary N) is 1. The summed E-state index contributed by atoms with van der Waals surface area (Å²) in [7, 11) is 1.67. The highest BCUT2D eigenvalue weighted by Crippen LogP contribution is 2.32. The maximum absolute atomic E-state index is 9.19. The van der Waals surface area contributed by atoms with Crippen LogP contribution in [0.4, 0.5) is 0 Å². The molecule has 0 amide bonds. The van der Waals surface area contributed by atoms with Gasteiger partial charge >= 0.3 is 0 Å². The Balaban J connectivity index is 2.63. The van der Waals surface area contributed by atoms with E-state index in [2.05, 4.69) is 0 Å². The first-order valence-corrected chi connectivity index (χ1v) is 5.56. The Bertz CT molecular complexity index is 183. The molecule has 2 unspecified atom stereocenters. The van der Waals surface area contributed by atoms with Gasteiger partial charge in [0.05, 0.1) is 18.8 Å². The van der Waals surface area contributed by atoms with Crippen molar-refractivity contribution in [2.24, 2.45) is 5.73 Å². The van der Waals surface area contributed by atoms with Gasteiger partial charge in [0.25, 0.3) is 0 Å². The van der Waals surface area contributed by atoms with Crippen molar-refractivity contribution >= 4 is 0 Å². The molecule has 15 heavy (non-hydrogen) atoms. The van der Waals surface area contributed by atoms with E-state index in [1.54, 1.807) is 7.11 Å². The standard InChI is InChI=1S/C11H23NO3/c1-10(12,8-13)7-11(9-14-2)5-3-4-6-15-11/h13H,3-9,12H2,1-2H3. The lowest BCUT2D eigenvalue weighted by Crippen LogP contribution is -2.52. The molecule has 0 aromatic heterocycles. The second-order valence-corrected chi connectivity index (χ2v) is 4.91. The van der Waals surface area contributed by atoms with Crippen LogP contribution in [0.25, 0.3) is 0 Å². The lowest BCUT2D eigenvalue weighted by molar-refractivity contribution is -0.131. The van der Waals surface area contributed by atoms with Gasteiger partial charge in [-0.3, -0.25) is 0 Å². The molecule has 1 saturated heterocycles. The summed E-state index contributed by atoms with van der Waals surface area (Å²) < 4.78 is 11.0. The van der Waals surface area contributed by atoms with Crippen LogP contribution in [0, 0.1) is 0 Å². The summed E-state index contributed by atoms with van der Waals surface area (Å²) in [5, 5.41) is 9.19. The average Bonchev–Trinajstić information content (AvgIpc) is 2.18. The summed E-state index contributed by atoms with van der Waals surface area (Å²) in [5.41, 5.74) is 5.10. The van der Waals surface area contributed by atoms with Crippen molar-refractivity contribution in [2.75, 3.05) is 26.9 Å². The normalized spacial score (nSPS) is 31.2. The second kappa shape index (κ2) is 5.25. The summed E-state index contributed by atoms with van der Waals surface area (Å²) in [6.45, 7) is 3.15. The fraction of sp³-hybridized carbons (Fsp3) is 1.00. The van der Waals surface area contributed by atoms with Crippen LogP contribution in [0.3, 0.4) is 0 Å². The minimum Gasteiger partial charge on any atom is -0.394 e. The third-order valence-corrected chi connectivity index (χ3v) is 2.93. The van der Waals surface area contributed by atoms with E-state index in [1.807, 2.05) is 6.92 Å². The van der Waals surface area contributed by atoms with Gasteiger partial charge in [-0.15, -0.1) is 0 Å². The fourth-order valence-corrected chi connectivity index (χ4v) is 2.27. The van der Waals surface area contributed by atoms with Crippen LogP contribution in [0.2, 0.25) is 0 Å². The topological polar surface area (TPSA) is 64.7 Å². The quantitative estimate of drug-likeness (QED) is 0.710. The molecule has 0 saturated carbocycles. The SMILES string of the molecule is COCC1(CC(C)(N)CO)CCCCO1. The second-order valence-electron chi connectivity index (χ2n) is 4.91. The van der Waals surface area contributed by atoms with E-state index < -0.39 is 5.54 Å². The van der Waals surface area contributed by atoms with E-state index >= 15 is 0 Å². The van der Waals surface area contributed by atoms with E-state index in [9.17, 15) is 5.11 Å². The molecule has 90 valence electrons. The molecule has 0 radical (unpaired) electrons. The highest BCUT2D eigenvalue weighted by Gasteiger charge is 2.38. The first-order valence-electron chi connectivity index (χ1n) is 5.56. The van der Waals surface area contributed by atoms with E-state index in [1.165, 1.54) is 0 Å². The van der Waals surface area contributed by atoms with E-state index in [0.717, 1.165) is 25.9 Å². The fourth-order valence-electron chi connectivity index (χ4n) is 2.27. The van der Waals surface area contributed by atoms with Gasteiger partial charge in [-0.25, -0.2) is 0 Å². The Kier molecular flexibility index (Phi) is 4.52. The van der Waals surface area contributed by atoms with Gasteiger partial charge < -0.3 is 20.3 Å². The van der Waals surface area contributed by atoms with Crippen molar-refractivity contribution in [3.8, 4) is 0 Å². The van der Waals surface area contributed by atoms with Gasteiger partial charge in [0.1, 0.15) is 0 Å². The van der Waals surface area contributed by atoms with Crippen molar-refractivity contribution in [1.29, 1.82) is 0 Å². The van der Waals surface area contributed by atoms with Crippen molar-refractivity contribution in [1.82, 2.24) is 0 Å². The van der Waals surface area contributed by atoms with Gasteiger partial charge in [0.15, 0.2) is 0 Å². The lowest BCUT2D eigenvalue weighted by Gasteiger charge is -2.41. The molecule has 0 bridgehead atoms. The molecule has 1 aliphatic heterocycles. The van der Waals surface area contributed by atoms with Crippen LogP contribution in [0.5, 0.6) is 0 Å². The Morgan fingerprint density at radius 3 is 2.73 bits per heavy atom. The van der Waals surface area contributed by atoms with Gasteiger partial charge in [-0.2, -0.15) is 0 Å². The molecule has 3 N–H and O–H groups in total. The summed E-state index contributed by atoms with van der Waals surface area (Å²) in [4.78, 5) is 0. The predicted octanol–water partition coefficient (Wildman–Crippen LogP) is 0.672. The van der Waals surface area contributed by atoms with Crippen LogP contribution in [-0.2, 0) is 9.47 Å². The van der Waals surface area contributed by atoms with Crippen molar-refractivity contribution in [3.05, 3.63) is 0 Å². The third kappa shape index (κ3) is 3.72. The molecule has 1 heterocycles. The highest BCUT2D eigenvalue weighted by molar-refractivity contribution is 4.93. The number of aliphatic hydroxyl groups excluding tert-OH is 1. The monoisotopic (exact) mass is 217 g/mol. The summed E-state index contributed by atoms with van der Waals surface area (Å²) in [5.74, 6) is 0. The molecule has 4 heteroatoms. The molecule has 4 nitrogen and oxygen atoms in total. The minimum absolute atomic E-state index is 0.0260. The smallest absolute Gasteiger partial charge is 0.0932 e. The summed E-state index contributed by atoms with van der Waals surface area (Å²) in [6.07, 6.45) is 3.86. The predicted molar refractivity (Wildman–Crippen MR) is 58.7 cm³/mol. The summed E-state index contributed by atoms with van der Waals surface area (Å²) >= 11 is 0. The molecule has 1 aliphatic rings. The zero-order valence-corrected chi connectivity index (χ0v) is 9.79. The number of hydrogen-bond acceptors (Lipinski definition) is 4. The highest BCUT2D eigenvalue weighted by atomic mass is 16.5. The van der Waals surface area contributed by atoms with Gasteiger partial charge in [0.2, 0.25) is 0 Å². The van der Waals surface area contributed by atoms with Crippen LogP contribution < -0.4 is 5.73 Å². The zero-order chi connectivity index (χ0) is 11.4. The molecule has 1 rings (SSSR count). The largest absolute Gasteiger partial charge is 0.394 e. The number of aliphatic hydroxyl groups is 1. The van der Waals surface area contributed by atoms with E-state index in [4.69, 9.17) is 15.2 Å². The van der Waals surface area contributed by atoms with Crippen molar-refractivity contribution < 1.29 is 14.6 Å². The third-order valence-electron chi connectivity index (χ3n) is 2.93. The minimum atomic E-state index is -0.587. The number of rotatable bonds is 5. The van der Waals surface area contributed by atoms with Crippen LogP contribution in [0.15, 0.2) is 0 Å². The zero-order valence-electron chi connectivity index (χ0n) is 9.79. The van der Waals surface area contributed by atoms with Crippen molar-refractivity contribution in [2.45, 2.75) is 43.7 Å². The first kappa shape index (κ1) is 12.9. The average molecular weight is 217 g/mol. The van der Waals surface area contributed by atoms with Gasteiger partial charge in [-0.05, 0) is 32.6 Å². The van der Waals surface area contributed by atoms with Crippen molar-refractivity contribution in [3.63, 3.8) is 0 Å². The van der Waals surface area contributed by atoms with Gasteiger partial charge in [-0.1, -0.05) is 0 Å². The molecular weight excluding hydrogens is 194 g/mol. The molecule has 2 atom stereocenters. The number of ether oxygens (including phenoxy) is 2. The lowest BCUT2D eigenvalue weighted by atomic mass is 9.82. The van der Waals surface area contributed by atoms with Crippen LogP contribution in [0.1, 0.15) is 32.6 Å². The molecule has 0 aromatic rings. The maximum Gasteiger partial charge on any atom is 0.0932 e. The Hall–Kier alpha value is -0.160. The number of hydrogen-bond donors (Lipinski definition) is 2. The molecule has 1 fully saturated rings. The molecule has 0 aliphatic carbocycles. The van der Waals surface area contributed by atoms with Crippen LogP contribution >= 0.6 is 0 Å². The molecular formula is C11H23NO3. The Labute approximate surface area is 91.7 Å². The first-order chi connectivity index (χ1) is 7.04. The number of methoxy groups -OCH3 is 1. The Morgan fingerprint density at radius 1 is 1.53 bits per heavy atom. The van der Waals surface area contributed by atoms with E-state index in [0.29, 0.717) is 13.0 Å². The van der Waals surface area contributed by atoms with E-state index in [-0.39, 0.29) is 12.2 Å². The summed E-state index contributed by atoms with van der Waals surface area (Å²) in [6, 6.07) is 0. The molecule has 0 aromatic carbocycles.